The van der Waals surface area contributed by atoms with Gasteiger partial charge in [-0.05, 0) is 25.7 Å². The lowest BCUT2D eigenvalue weighted by atomic mass is 9.93. The van der Waals surface area contributed by atoms with Crippen LogP contribution in [-0.4, -0.2) is 18.0 Å². The van der Waals surface area contributed by atoms with E-state index in [1.165, 1.54) is 6.42 Å². The average Bonchev–Trinajstić information content (AvgIpc) is 2.06. The van der Waals surface area contributed by atoms with Crippen LogP contribution in [0.4, 0.5) is 0 Å². The van der Waals surface area contributed by atoms with Gasteiger partial charge in [-0.25, -0.2) is 0 Å². The molecule has 13 heavy (non-hydrogen) atoms. The van der Waals surface area contributed by atoms with Crippen LogP contribution in [-0.2, 0) is 4.79 Å². The van der Waals surface area contributed by atoms with Gasteiger partial charge in [-0.1, -0.05) is 19.8 Å². The van der Waals surface area contributed by atoms with Gasteiger partial charge in [0.15, 0.2) is 0 Å². The number of rotatable bonds is 5. The van der Waals surface area contributed by atoms with Gasteiger partial charge in [0.2, 0.25) is 5.91 Å². The summed E-state index contributed by atoms with van der Waals surface area (Å²) in [4.78, 5) is 11.4. The normalized spacial score (nSPS) is 19.2. The van der Waals surface area contributed by atoms with E-state index in [1.54, 1.807) is 0 Å². The van der Waals surface area contributed by atoms with Gasteiger partial charge in [-0.2, -0.15) is 0 Å². The minimum absolute atomic E-state index is 0.0400. The molecule has 0 bridgehead atoms. The van der Waals surface area contributed by atoms with E-state index >= 15 is 0 Å². The standard InChI is InChI=1S/C10H20N2O/c1-2-3-7-9(11)10(13)12-8-5-4-6-8/h8-9H,2-7,11H2,1H3,(H,12,13). The van der Waals surface area contributed by atoms with Gasteiger partial charge in [0.25, 0.3) is 0 Å². The fourth-order valence-corrected chi connectivity index (χ4v) is 1.42. The number of unbranched alkanes of at least 4 members (excludes halogenated alkanes) is 1. The highest BCUT2D eigenvalue weighted by molar-refractivity contribution is 5.81. The molecule has 0 aromatic heterocycles. The smallest absolute Gasteiger partial charge is 0.237 e. The van der Waals surface area contributed by atoms with E-state index in [9.17, 15) is 4.79 Å². The molecule has 0 aromatic carbocycles. The zero-order valence-electron chi connectivity index (χ0n) is 8.38. The van der Waals surface area contributed by atoms with E-state index in [0.717, 1.165) is 32.1 Å². The van der Waals surface area contributed by atoms with Crippen LogP contribution >= 0.6 is 0 Å². The fourth-order valence-electron chi connectivity index (χ4n) is 1.42. The first-order valence-electron chi connectivity index (χ1n) is 5.30. The summed E-state index contributed by atoms with van der Waals surface area (Å²) in [5.74, 6) is 0.0400. The number of amides is 1. The van der Waals surface area contributed by atoms with Crippen molar-refractivity contribution in [2.75, 3.05) is 0 Å². The average molecular weight is 184 g/mol. The van der Waals surface area contributed by atoms with E-state index in [1.807, 2.05) is 0 Å². The summed E-state index contributed by atoms with van der Waals surface area (Å²) < 4.78 is 0. The maximum Gasteiger partial charge on any atom is 0.237 e. The molecule has 1 amide bonds. The highest BCUT2D eigenvalue weighted by Gasteiger charge is 2.21. The Morgan fingerprint density at radius 2 is 2.31 bits per heavy atom. The summed E-state index contributed by atoms with van der Waals surface area (Å²) >= 11 is 0. The van der Waals surface area contributed by atoms with Crippen LogP contribution in [0.5, 0.6) is 0 Å². The van der Waals surface area contributed by atoms with Crippen LogP contribution in [0.15, 0.2) is 0 Å². The number of carbonyl (C=O) groups is 1. The lowest BCUT2D eigenvalue weighted by molar-refractivity contribution is -0.123. The first kappa shape index (κ1) is 10.5. The van der Waals surface area contributed by atoms with Gasteiger partial charge in [0.1, 0.15) is 0 Å². The van der Waals surface area contributed by atoms with Gasteiger partial charge < -0.3 is 11.1 Å². The van der Waals surface area contributed by atoms with Crippen LogP contribution < -0.4 is 11.1 Å². The summed E-state index contributed by atoms with van der Waals surface area (Å²) in [6, 6.07) is 0.126. The molecule has 0 aliphatic heterocycles. The molecule has 0 heterocycles. The molecule has 3 N–H and O–H groups in total. The lowest BCUT2D eigenvalue weighted by Crippen LogP contribution is -2.47. The number of nitrogens with one attached hydrogen (secondary N) is 1. The summed E-state index contributed by atoms with van der Waals surface area (Å²) in [5, 5.41) is 2.96. The van der Waals surface area contributed by atoms with Crippen LogP contribution in [0.1, 0.15) is 45.4 Å². The van der Waals surface area contributed by atoms with E-state index < -0.39 is 0 Å². The molecule has 1 aliphatic rings. The molecule has 1 rings (SSSR count). The third-order valence-corrected chi connectivity index (χ3v) is 2.66. The zero-order chi connectivity index (χ0) is 9.68. The summed E-state index contributed by atoms with van der Waals surface area (Å²) in [5.41, 5.74) is 5.72. The van der Waals surface area contributed by atoms with E-state index in [-0.39, 0.29) is 11.9 Å². The monoisotopic (exact) mass is 184 g/mol. The Balaban J connectivity index is 2.13. The Morgan fingerprint density at radius 3 is 2.77 bits per heavy atom. The predicted octanol–water partition coefficient (Wildman–Crippen LogP) is 1.17. The molecule has 0 radical (unpaired) electrons. The van der Waals surface area contributed by atoms with Crippen molar-refractivity contribution in [1.82, 2.24) is 5.32 Å². The van der Waals surface area contributed by atoms with Crippen LogP contribution in [0.2, 0.25) is 0 Å². The molecule has 76 valence electrons. The molecular formula is C10H20N2O. The van der Waals surface area contributed by atoms with Crippen LogP contribution in [0.25, 0.3) is 0 Å². The summed E-state index contributed by atoms with van der Waals surface area (Å²) in [6.07, 6.45) is 6.46. The first-order valence-corrected chi connectivity index (χ1v) is 5.30. The Hall–Kier alpha value is -0.570. The Kier molecular flexibility index (Phi) is 4.22. The molecule has 3 nitrogen and oxygen atoms in total. The highest BCUT2D eigenvalue weighted by Crippen LogP contribution is 2.18. The van der Waals surface area contributed by atoms with Crippen molar-refractivity contribution in [1.29, 1.82) is 0 Å². The second-order valence-corrected chi connectivity index (χ2v) is 3.89. The maximum atomic E-state index is 11.4. The van der Waals surface area contributed by atoms with Crippen molar-refractivity contribution in [3.05, 3.63) is 0 Å². The molecule has 0 spiro atoms. The van der Waals surface area contributed by atoms with Gasteiger partial charge in [0.05, 0.1) is 6.04 Å². The molecule has 1 atom stereocenters. The van der Waals surface area contributed by atoms with Gasteiger partial charge in [0, 0.05) is 6.04 Å². The molecule has 3 heteroatoms. The minimum atomic E-state index is -0.291. The van der Waals surface area contributed by atoms with Crippen molar-refractivity contribution in [3.63, 3.8) is 0 Å². The van der Waals surface area contributed by atoms with Crippen LogP contribution in [0.3, 0.4) is 0 Å². The van der Waals surface area contributed by atoms with Gasteiger partial charge >= 0.3 is 0 Å². The van der Waals surface area contributed by atoms with Gasteiger partial charge in [-0.3, -0.25) is 4.79 Å². The first-order chi connectivity index (χ1) is 6.24. The van der Waals surface area contributed by atoms with Crippen molar-refractivity contribution in [2.45, 2.75) is 57.5 Å². The second kappa shape index (κ2) is 5.22. The van der Waals surface area contributed by atoms with E-state index in [4.69, 9.17) is 5.73 Å². The number of hydrogen-bond acceptors (Lipinski definition) is 2. The van der Waals surface area contributed by atoms with E-state index in [2.05, 4.69) is 12.2 Å². The Labute approximate surface area is 80.1 Å². The number of nitrogens with two attached hydrogens (primary N) is 1. The molecule has 0 aromatic rings. The van der Waals surface area contributed by atoms with E-state index in [0.29, 0.717) is 6.04 Å². The quantitative estimate of drug-likeness (QED) is 0.674. The summed E-state index contributed by atoms with van der Waals surface area (Å²) in [6.45, 7) is 2.11. The molecule has 1 saturated carbocycles. The molecule has 1 unspecified atom stereocenters. The molecule has 1 aliphatic carbocycles. The predicted molar refractivity (Wildman–Crippen MR) is 53.3 cm³/mol. The topological polar surface area (TPSA) is 55.1 Å². The highest BCUT2D eigenvalue weighted by atomic mass is 16.2. The largest absolute Gasteiger partial charge is 0.352 e. The molecular weight excluding hydrogens is 164 g/mol. The molecule has 0 saturated heterocycles. The minimum Gasteiger partial charge on any atom is -0.352 e. The Bertz CT molecular complexity index is 166. The SMILES string of the molecule is CCCCC(N)C(=O)NC1CCC1. The lowest BCUT2D eigenvalue weighted by Gasteiger charge is -2.27. The summed E-state index contributed by atoms with van der Waals surface area (Å²) in [7, 11) is 0. The van der Waals surface area contributed by atoms with Crippen molar-refractivity contribution >= 4 is 5.91 Å². The molecule has 1 fully saturated rings. The second-order valence-electron chi connectivity index (χ2n) is 3.89. The van der Waals surface area contributed by atoms with Crippen LogP contribution in [0, 0.1) is 0 Å². The Morgan fingerprint density at radius 1 is 1.62 bits per heavy atom. The third-order valence-electron chi connectivity index (χ3n) is 2.66. The maximum absolute atomic E-state index is 11.4. The fraction of sp³-hybridized carbons (Fsp3) is 0.900. The third kappa shape index (κ3) is 3.35. The zero-order valence-corrected chi connectivity index (χ0v) is 8.38. The van der Waals surface area contributed by atoms with Gasteiger partial charge in [-0.15, -0.1) is 0 Å². The number of carbonyl (C=O) groups excluding carboxylic acids is 1. The van der Waals surface area contributed by atoms with Crippen molar-refractivity contribution in [3.8, 4) is 0 Å². The number of hydrogen-bond donors (Lipinski definition) is 2. The van der Waals surface area contributed by atoms with Crippen molar-refractivity contribution < 1.29 is 4.79 Å². The van der Waals surface area contributed by atoms with Crippen molar-refractivity contribution in [2.24, 2.45) is 5.73 Å².